The fraction of sp³-hybridized carbons (Fsp3) is 1.00. The highest BCUT2D eigenvalue weighted by atomic mass is 32.2. The molecule has 0 unspecified atom stereocenters. The van der Waals surface area contributed by atoms with Crippen LogP contribution in [0.25, 0.3) is 0 Å². The van der Waals surface area contributed by atoms with Gasteiger partial charge in [0.1, 0.15) is 0 Å². The molecule has 0 saturated carbocycles. The first-order valence-electron chi connectivity index (χ1n) is 2.24. The summed E-state index contributed by atoms with van der Waals surface area (Å²) < 4.78 is 7.83. The molecule has 0 aromatic rings. The first-order valence-corrected chi connectivity index (χ1v) is 3.73. The van der Waals surface area contributed by atoms with Gasteiger partial charge in [-0.3, -0.25) is 0 Å². The van der Waals surface area contributed by atoms with Gasteiger partial charge in [0.05, 0.1) is 0 Å². The standard InChI is InChI=1S/C4H8S.OS/c1-2-4-5-3-1;1-2/h1-4H2;. The second-order valence-corrected chi connectivity index (χ2v) is 2.54. The molecular formula is C4H8OS2. The van der Waals surface area contributed by atoms with Gasteiger partial charge in [-0.05, 0) is 24.3 Å². The Morgan fingerprint density at radius 1 is 1.14 bits per heavy atom. The number of hydrogen-bond acceptors (Lipinski definition) is 3. The van der Waals surface area contributed by atoms with Crippen molar-refractivity contribution in [3.63, 3.8) is 0 Å². The zero-order chi connectivity index (χ0) is 5.54. The monoisotopic (exact) mass is 136 g/mol. The van der Waals surface area contributed by atoms with Crippen molar-refractivity contribution >= 4 is 24.3 Å². The van der Waals surface area contributed by atoms with Crippen LogP contribution in [0.4, 0.5) is 0 Å². The predicted molar refractivity (Wildman–Crippen MR) is 34.7 cm³/mol. The molecule has 1 aliphatic rings. The molecule has 42 valence electrons. The summed E-state index contributed by atoms with van der Waals surface area (Å²) >= 11 is 4.91. The van der Waals surface area contributed by atoms with E-state index >= 15 is 0 Å². The molecule has 0 aromatic heterocycles. The van der Waals surface area contributed by atoms with E-state index in [0.717, 1.165) is 0 Å². The largest absolute Gasteiger partial charge is 0.197 e. The van der Waals surface area contributed by atoms with Gasteiger partial charge in [0.25, 0.3) is 0 Å². The van der Waals surface area contributed by atoms with Gasteiger partial charge in [-0.2, -0.15) is 16.0 Å². The highest BCUT2D eigenvalue weighted by Gasteiger charge is 1.95. The van der Waals surface area contributed by atoms with Crippen LogP contribution in [0.1, 0.15) is 12.8 Å². The summed E-state index contributed by atoms with van der Waals surface area (Å²) in [6.07, 6.45) is 2.93. The van der Waals surface area contributed by atoms with E-state index in [9.17, 15) is 0 Å². The first kappa shape index (κ1) is 7.37. The molecule has 0 atom stereocenters. The Bertz CT molecular complexity index is 29.1. The molecule has 0 spiro atoms. The molecule has 0 N–H and O–H groups in total. The van der Waals surface area contributed by atoms with Crippen molar-refractivity contribution in [1.82, 2.24) is 0 Å². The Balaban J connectivity index is 0.000000162. The van der Waals surface area contributed by atoms with Gasteiger partial charge in [0, 0.05) is 0 Å². The Morgan fingerprint density at radius 3 is 1.71 bits per heavy atom. The summed E-state index contributed by atoms with van der Waals surface area (Å²) in [7, 11) is 0. The molecule has 0 aliphatic carbocycles. The van der Waals surface area contributed by atoms with Gasteiger partial charge in [0.15, 0.2) is 12.5 Å². The first-order chi connectivity index (χ1) is 3.50. The zero-order valence-corrected chi connectivity index (χ0v) is 5.69. The normalized spacial score (nSPS) is 17.7. The van der Waals surface area contributed by atoms with Gasteiger partial charge in [-0.1, -0.05) is 0 Å². The number of rotatable bonds is 0. The van der Waals surface area contributed by atoms with E-state index in [2.05, 4.69) is 24.3 Å². The second-order valence-electron chi connectivity index (χ2n) is 1.32. The second kappa shape index (κ2) is 6.37. The number of hydrogen-bond donors (Lipinski definition) is 0. The van der Waals surface area contributed by atoms with Gasteiger partial charge in [-0.15, -0.1) is 0 Å². The lowest BCUT2D eigenvalue weighted by Gasteiger charge is -1.69. The molecule has 0 radical (unpaired) electrons. The maximum absolute atomic E-state index is 7.83. The molecule has 7 heavy (non-hydrogen) atoms. The summed E-state index contributed by atoms with van der Waals surface area (Å²) in [4.78, 5) is 0. The zero-order valence-electron chi connectivity index (χ0n) is 4.05. The van der Waals surface area contributed by atoms with Crippen LogP contribution in [-0.2, 0) is 12.5 Å². The van der Waals surface area contributed by atoms with E-state index in [-0.39, 0.29) is 0 Å². The summed E-state index contributed by atoms with van der Waals surface area (Å²) in [6.45, 7) is 0. The van der Waals surface area contributed by atoms with E-state index < -0.39 is 0 Å². The average molecular weight is 136 g/mol. The highest BCUT2D eigenvalue weighted by molar-refractivity contribution is 7.99. The van der Waals surface area contributed by atoms with E-state index in [1.54, 1.807) is 0 Å². The van der Waals surface area contributed by atoms with Crippen molar-refractivity contribution in [2.24, 2.45) is 0 Å². The van der Waals surface area contributed by atoms with Crippen LogP contribution in [0.3, 0.4) is 0 Å². The third-order valence-electron chi connectivity index (χ3n) is 0.827. The Kier molecular flexibility index (Phi) is 6.71. The van der Waals surface area contributed by atoms with E-state index in [4.69, 9.17) is 4.21 Å². The predicted octanol–water partition coefficient (Wildman–Crippen LogP) is 1.18. The average Bonchev–Trinajstić information content (AvgIpc) is 2.23. The highest BCUT2D eigenvalue weighted by Crippen LogP contribution is 2.14. The number of thioether (sulfide) groups is 1. The van der Waals surface area contributed by atoms with Gasteiger partial charge in [-0.25, -0.2) is 0 Å². The van der Waals surface area contributed by atoms with Crippen molar-refractivity contribution < 1.29 is 4.21 Å². The lowest BCUT2D eigenvalue weighted by Crippen LogP contribution is -1.58. The Labute approximate surface area is 53.4 Å². The van der Waals surface area contributed by atoms with Crippen LogP contribution in [0.2, 0.25) is 0 Å². The topological polar surface area (TPSA) is 17.1 Å². The summed E-state index contributed by atoms with van der Waals surface area (Å²) in [6, 6.07) is 0. The van der Waals surface area contributed by atoms with Crippen LogP contribution in [0.15, 0.2) is 0 Å². The molecule has 1 heterocycles. The van der Waals surface area contributed by atoms with E-state index in [0.29, 0.717) is 0 Å². The minimum atomic E-state index is 1.42. The Morgan fingerprint density at radius 2 is 1.57 bits per heavy atom. The molecule has 3 heteroatoms. The summed E-state index contributed by atoms with van der Waals surface area (Å²) in [5.74, 6) is 2.83. The van der Waals surface area contributed by atoms with Crippen molar-refractivity contribution in [3.05, 3.63) is 0 Å². The Hall–Kier alpha value is 0.370. The minimum absolute atomic E-state index is 1.42. The molecule has 0 bridgehead atoms. The molecule has 1 fully saturated rings. The van der Waals surface area contributed by atoms with Crippen LogP contribution >= 0.6 is 11.8 Å². The van der Waals surface area contributed by atoms with Crippen molar-refractivity contribution in [3.8, 4) is 0 Å². The smallest absolute Gasteiger partial charge is 0.197 e. The maximum Gasteiger partial charge on any atom is 0.197 e. The summed E-state index contributed by atoms with van der Waals surface area (Å²) in [5.41, 5.74) is 0. The minimum Gasteiger partial charge on any atom is -0.197 e. The lowest BCUT2D eigenvalue weighted by molar-refractivity contribution is 0.702. The van der Waals surface area contributed by atoms with E-state index in [1.807, 2.05) is 0 Å². The quantitative estimate of drug-likeness (QED) is 0.498. The molecular weight excluding hydrogens is 128 g/mol. The molecule has 0 aromatic carbocycles. The molecule has 0 amide bonds. The van der Waals surface area contributed by atoms with Crippen LogP contribution in [-0.4, -0.2) is 15.7 Å². The van der Waals surface area contributed by atoms with Gasteiger partial charge in [0.2, 0.25) is 0 Å². The molecule has 1 aliphatic heterocycles. The van der Waals surface area contributed by atoms with Crippen LogP contribution in [0.5, 0.6) is 0 Å². The lowest BCUT2D eigenvalue weighted by atomic mass is 10.4. The molecule has 1 rings (SSSR count). The fourth-order valence-corrected chi connectivity index (χ4v) is 1.53. The van der Waals surface area contributed by atoms with Gasteiger partial charge < -0.3 is 0 Å². The van der Waals surface area contributed by atoms with Crippen molar-refractivity contribution in [1.29, 1.82) is 0 Å². The van der Waals surface area contributed by atoms with Crippen molar-refractivity contribution in [2.75, 3.05) is 11.5 Å². The SMILES string of the molecule is C1CCSC1.O=S. The van der Waals surface area contributed by atoms with Crippen molar-refractivity contribution in [2.45, 2.75) is 12.8 Å². The van der Waals surface area contributed by atoms with Crippen LogP contribution in [0, 0.1) is 0 Å². The third-order valence-corrected chi connectivity index (χ3v) is 1.98. The van der Waals surface area contributed by atoms with E-state index in [1.165, 1.54) is 24.3 Å². The van der Waals surface area contributed by atoms with Gasteiger partial charge >= 0.3 is 0 Å². The fourth-order valence-electron chi connectivity index (χ4n) is 0.510. The third kappa shape index (κ3) is 4.22. The summed E-state index contributed by atoms with van der Waals surface area (Å²) in [5, 5.41) is 0. The molecule has 1 nitrogen and oxygen atoms in total. The molecule has 1 saturated heterocycles. The maximum atomic E-state index is 7.83. The van der Waals surface area contributed by atoms with Crippen LogP contribution < -0.4 is 0 Å².